The molecule has 0 aliphatic carbocycles. The van der Waals surface area contributed by atoms with Gasteiger partial charge in [0.15, 0.2) is 5.78 Å². The normalized spacial score (nSPS) is 11.0. The van der Waals surface area contributed by atoms with Crippen LogP contribution in [-0.2, 0) is 14.4 Å². The highest BCUT2D eigenvalue weighted by atomic mass is 16.6. The number of primary amides is 1. The summed E-state index contributed by atoms with van der Waals surface area (Å²) in [6, 6.07) is 2.07. The molecule has 0 aliphatic heterocycles. The van der Waals surface area contributed by atoms with E-state index in [1.54, 1.807) is 0 Å². The molecule has 2 amide bonds. The third kappa shape index (κ3) is 6.84. The van der Waals surface area contributed by atoms with Gasteiger partial charge in [-0.2, -0.15) is 0 Å². The number of Topliss-reactive ketones (excluding diaryl/α,β-unsaturated/α-hetero) is 2. The maximum absolute atomic E-state index is 12.5. The second-order valence-electron chi connectivity index (χ2n) is 5.85. The van der Waals surface area contributed by atoms with Gasteiger partial charge in [-0.25, -0.2) is 0 Å². The average Bonchev–Trinajstić information content (AvgIpc) is 2.62. The van der Waals surface area contributed by atoms with E-state index >= 15 is 0 Å². The van der Waals surface area contributed by atoms with Crippen molar-refractivity contribution in [3.63, 3.8) is 0 Å². The van der Waals surface area contributed by atoms with E-state index in [2.05, 4.69) is 15.3 Å². The summed E-state index contributed by atoms with van der Waals surface area (Å²) >= 11 is 0. The molecule has 0 fully saturated rings. The van der Waals surface area contributed by atoms with Crippen LogP contribution in [-0.4, -0.2) is 34.3 Å². The number of nitrogens with one attached hydrogen (secondary N) is 1. The standard InChI is InChI=1S/C16H18N6O6/c1-9(23)2-6-14(24)12(5-7-15(17)25)19-16(26)11-4-3-10(20-21-18)8-13(11)22(27)28/h3-4,8,12H,2,5-7H2,1H3,(H2,17,25)(H,19,26). The molecule has 1 atom stereocenters. The summed E-state index contributed by atoms with van der Waals surface area (Å²) in [5, 5.41) is 16.8. The van der Waals surface area contributed by atoms with Crippen molar-refractivity contribution in [1.29, 1.82) is 0 Å². The molecule has 148 valence electrons. The Bertz CT molecular complexity index is 861. The van der Waals surface area contributed by atoms with E-state index in [-0.39, 0.29) is 42.7 Å². The average molecular weight is 390 g/mol. The number of nitrogens with zero attached hydrogens (tertiary/aromatic N) is 4. The number of nitro benzene ring substituents is 1. The highest BCUT2D eigenvalue weighted by Crippen LogP contribution is 2.25. The molecule has 12 heteroatoms. The van der Waals surface area contributed by atoms with Crippen molar-refractivity contribution >= 4 is 34.8 Å². The molecule has 0 saturated carbocycles. The number of carbonyl (C=O) groups is 4. The van der Waals surface area contributed by atoms with Crippen LogP contribution >= 0.6 is 0 Å². The van der Waals surface area contributed by atoms with Gasteiger partial charge in [-0.05, 0) is 24.9 Å². The molecule has 1 unspecified atom stereocenters. The Morgan fingerprint density at radius 1 is 1.29 bits per heavy atom. The minimum Gasteiger partial charge on any atom is -0.370 e. The van der Waals surface area contributed by atoms with Gasteiger partial charge in [0, 0.05) is 35.9 Å². The fourth-order valence-corrected chi connectivity index (χ4v) is 2.29. The summed E-state index contributed by atoms with van der Waals surface area (Å²) in [4.78, 5) is 59.7. The van der Waals surface area contributed by atoms with Crippen molar-refractivity contribution in [2.24, 2.45) is 10.8 Å². The van der Waals surface area contributed by atoms with Gasteiger partial charge in [0.1, 0.15) is 11.3 Å². The van der Waals surface area contributed by atoms with Crippen LogP contribution < -0.4 is 11.1 Å². The minimum atomic E-state index is -1.14. The molecule has 0 aliphatic rings. The summed E-state index contributed by atoms with van der Waals surface area (Å²) in [6.45, 7) is 1.30. The molecule has 0 aromatic heterocycles. The van der Waals surface area contributed by atoms with Crippen LogP contribution in [0.25, 0.3) is 10.4 Å². The van der Waals surface area contributed by atoms with Crippen LogP contribution in [0.5, 0.6) is 0 Å². The lowest BCUT2D eigenvalue weighted by atomic mass is 10.0. The Kier molecular flexibility index (Phi) is 8.25. The number of azide groups is 1. The molecule has 1 aromatic carbocycles. The van der Waals surface area contributed by atoms with Crippen molar-refractivity contribution in [3.05, 3.63) is 44.3 Å². The summed E-state index contributed by atoms with van der Waals surface area (Å²) in [5.74, 6) is -2.34. The number of amides is 2. The lowest BCUT2D eigenvalue weighted by molar-refractivity contribution is -0.385. The van der Waals surface area contributed by atoms with E-state index in [9.17, 15) is 29.3 Å². The molecule has 0 heterocycles. The number of nitrogens with two attached hydrogens (primary N) is 1. The van der Waals surface area contributed by atoms with Gasteiger partial charge >= 0.3 is 0 Å². The van der Waals surface area contributed by atoms with E-state index < -0.39 is 34.3 Å². The first-order valence-corrected chi connectivity index (χ1v) is 8.10. The Balaban J connectivity index is 3.10. The van der Waals surface area contributed by atoms with Crippen molar-refractivity contribution in [3.8, 4) is 0 Å². The molecule has 12 nitrogen and oxygen atoms in total. The predicted molar refractivity (Wildman–Crippen MR) is 96.5 cm³/mol. The Morgan fingerprint density at radius 3 is 2.50 bits per heavy atom. The van der Waals surface area contributed by atoms with Gasteiger partial charge in [0.25, 0.3) is 11.6 Å². The van der Waals surface area contributed by atoms with E-state index in [1.807, 2.05) is 0 Å². The van der Waals surface area contributed by atoms with Crippen molar-refractivity contribution in [1.82, 2.24) is 5.32 Å². The molecule has 1 aromatic rings. The third-order valence-corrected chi connectivity index (χ3v) is 3.68. The van der Waals surface area contributed by atoms with Crippen LogP contribution in [0.4, 0.5) is 11.4 Å². The van der Waals surface area contributed by atoms with Crippen molar-refractivity contribution in [2.45, 2.75) is 38.6 Å². The molecule has 1 rings (SSSR count). The molecular formula is C16H18N6O6. The third-order valence-electron chi connectivity index (χ3n) is 3.68. The Labute approximate surface area is 158 Å². The van der Waals surface area contributed by atoms with Gasteiger partial charge in [0.2, 0.25) is 5.91 Å². The minimum absolute atomic E-state index is 0.0389. The van der Waals surface area contributed by atoms with Gasteiger partial charge < -0.3 is 15.8 Å². The monoisotopic (exact) mass is 390 g/mol. The number of carbonyl (C=O) groups excluding carboxylic acids is 4. The maximum atomic E-state index is 12.5. The van der Waals surface area contributed by atoms with Crippen molar-refractivity contribution < 1.29 is 24.1 Å². The highest BCUT2D eigenvalue weighted by molar-refractivity contribution is 6.01. The van der Waals surface area contributed by atoms with Crippen LogP contribution in [0, 0.1) is 10.1 Å². The number of benzene rings is 1. The summed E-state index contributed by atoms with van der Waals surface area (Å²) in [5.41, 5.74) is 12.4. The number of hydrogen-bond acceptors (Lipinski definition) is 7. The molecule has 0 saturated heterocycles. The van der Waals surface area contributed by atoms with Crippen molar-refractivity contribution in [2.75, 3.05) is 0 Å². The first-order chi connectivity index (χ1) is 13.1. The first kappa shape index (κ1) is 22.3. The number of rotatable bonds is 11. The molecular weight excluding hydrogens is 372 g/mol. The Morgan fingerprint density at radius 2 is 1.96 bits per heavy atom. The molecule has 0 bridgehead atoms. The molecule has 0 radical (unpaired) electrons. The van der Waals surface area contributed by atoms with E-state index in [4.69, 9.17) is 11.3 Å². The summed E-state index contributed by atoms with van der Waals surface area (Å²) < 4.78 is 0. The zero-order valence-corrected chi connectivity index (χ0v) is 15.0. The van der Waals surface area contributed by atoms with Gasteiger partial charge in [-0.15, -0.1) is 0 Å². The molecule has 28 heavy (non-hydrogen) atoms. The largest absolute Gasteiger partial charge is 0.370 e. The van der Waals surface area contributed by atoms with Crippen LogP contribution in [0.3, 0.4) is 0 Å². The second-order valence-corrected chi connectivity index (χ2v) is 5.85. The smallest absolute Gasteiger partial charge is 0.282 e. The topological polar surface area (TPSA) is 198 Å². The summed E-state index contributed by atoms with van der Waals surface area (Å²) in [6.07, 6.45) is -0.503. The van der Waals surface area contributed by atoms with Gasteiger partial charge in [0.05, 0.1) is 11.0 Å². The van der Waals surface area contributed by atoms with E-state index in [0.29, 0.717) is 0 Å². The van der Waals surface area contributed by atoms with Crippen LogP contribution in [0.15, 0.2) is 23.3 Å². The highest BCUT2D eigenvalue weighted by Gasteiger charge is 2.26. The van der Waals surface area contributed by atoms with E-state index in [1.165, 1.54) is 13.0 Å². The number of nitro groups is 1. The van der Waals surface area contributed by atoms with Gasteiger partial charge in [-0.1, -0.05) is 11.2 Å². The predicted octanol–water partition coefficient (Wildman–Crippen LogP) is 1.84. The maximum Gasteiger partial charge on any atom is 0.282 e. The lowest BCUT2D eigenvalue weighted by Gasteiger charge is -2.17. The second kappa shape index (κ2) is 10.4. The zero-order valence-electron chi connectivity index (χ0n) is 15.0. The first-order valence-electron chi connectivity index (χ1n) is 8.10. The Hall–Kier alpha value is -3.79. The fraction of sp³-hybridized carbons (Fsp3) is 0.375. The van der Waals surface area contributed by atoms with Crippen LogP contribution in [0.1, 0.15) is 43.0 Å². The van der Waals surface area contributed by atoms with Crippen LogP contribution in [0.2, 0.25) is 0 Å². The summed E-state index contributed by atoms with van der Waals surface area (Å²) in [7, 11) is 0. The lowest BCUT2D eigenvalue weighted by Crippen LogP contribution is -2.41. The van der Waals surface area contributed by atoms with E-state index in [0.717, 1.165) is 12.1 Å². The SMILES string of the molecule is CC(=O)CCC(=O)C(CCC(N)=O)NC(=O)c1ccc(N=[N+]=[N-])cc1[N+](=O)[O-]. The number of ketones is 2. The number of hydrogen-bond donors (Lipinski definition) is 2. The molecule has 0 spiro atoms. The van der Waals surface area contributed by atoms with Gasteiger partial charge in [-0.3, -0.25) is 24.5 Å². The molecule has 3 N–H and O–H groups in total. The quantitative estimate of drug-likeness (QED) is 0.190. The zero-order chi connectivity index (χ0) is 21.3. The fourth-order valence-electron chi connectivity index (χ4n) is 2.29.